The van der Waals surface area contributed by atoms with Crippen LogP contribution in [0.3, 0.4) is 0 Å². The van der Waals surface area contributed by atoms with Crippen molar-refractivity contribution >= 4 is 0 Å². The number of aliphatic hydroxyl groups is 1. The third-order valence-electron chi connectivity index (χ3n) is 2.74. The van der Waals surface area contributed by atoms with Crippen molar-refractivity contribution in [2.75, 3.05) is 6.54 Å². The SMILES string of the molecule is CC(O)(CNCc1ccn[nH]1)c1ccccc1. The first-order valence-electron chi connectivity index (χ1n) is 5.65. The van der Waals surface area contributed by atoms with Gasteiger partial charge in [-0.25, -0.2) is 0 Å². The maximum Gasteiger partial charge on any atom is 0.0992 e. The molecule has 0 saturated carbocycles. The minimum absolute atomic E-state index is 0.496. The Balaban J connectivity index is 1.90. The van der Waals surface area contributed by atoms with Gasteiger partial charge < -0.3 is 10.4 Å². The molecule has 2 aromatic rings. The molecule has 0 bridgehead atoms. The van der Waals surface area contributed by atoms with Gasteiger partial charge in [-0.2, -0.15) is 5.10 Å². The molecular weight excluding hydrogens is 214 g/mol. The van der Waals surface area contributed by atoms with Gasteiger partial charge in [-0.15, -0.1) is 0 Å². The second-order valence-corrected chi connectivity index (χ2v) is 4.33. The van der Waals surface area contributed by atoms with Gasteiger partial charge in [0.2, 0.25) is 0 Å². The predicted octanol–water partition coefficient (Wildman–Crippen LogP) is 1.41. The van der Waals surface area contributed by atoms with Gasteiger partial charge >= 0.3 is 0 Å². The largest absolute Gasteiger partial charge is 0.384 e. The molecule has 0 aliphatic heterocycles. The molecule has 17 heavy (non-hydrogen) atoms. The van der Waals surface area contributed by atoms with Gasteiger partial charge in [0, 0.05) is 25.0 Å². The van der Waals surface area contributed by atoms with Crippen LogP contribution >= 0.6 is 0 Å². The van der Waals surface area contributed by atoms with E-state index in [1.165, 1.54) is 0 Å². The number of hydrogen-bond donors (Lipinski definition) is 3. The Morgan fingerprint density at radius 1 is 1.29 bits per heavy atom. The molecule has 0 radical (unpaired) electrons. The van der Waals surface area contributed by atoms with Crippen LogP contribution in [0.2, 0.25) is 0 Å². The van der Waals surface area contributed by atoms with E-state index >= 15 is 0 Å². The summed E-state index contributed by atoms with van der Waals surface area (Å²) in [5.41, 5.74) is 1.06. The molecule has 0 aliphatic carbocycles. The molecule has 0 saturated heterocycles. The van der Waals surface area contributed by atoms with Crippen molar-refractivity contribution in [1.82, 2.24) is 15.5 Å². The van der Waals surface area contributed by atoms with E-state index in [1.807, 2.05) is 43.3 Å². The number of aromatic amines is 1. The van der Waals surface area contributed by atoms with Crippen molar-refractivity contribution < 1.29 is 5.11 Å². The average Bonchev–Trinajstić information content (AvgIpc) is 2.83. The fourth-order valence-electron chi connectivity index (χ4n) is 1.72. The Hall–Kier alpha value is -1.65. The molecule has 90 valence electrons. The number of rotatable bonds is 5. The van der Waals surface area contributed by atoms with Crippen LogP contribution in [0.15, 0.2) is 42.6 Å². The zero-order chi connectivity index (χ0) is 12.1. The van der Waals surface area contributed by atoms with Crippen LogP contribution in [0.4, 0.5) is 0 Å². The lowest BCUT2D eigenvalue weighted by Crippen LogP contribution is -2.35. The number of nitrogens with one attached hydrogen (secondary N) is 2. The molecule has 4 heteroatoms. The lowest BCUT2D eigenvalue weighted by molar-refractivity contribution is 0.0566. The summed E-state index contributed by atoms with van der Waals surface area (Å²) in [6.45, 7) is 2.97. The molecule has 1 unspecified atom stereocenters. The molecular formula is C13H17N3O. The lowest BCUT2D eigenvalue weighted by atomic mass is 9.96. The van der Waals surface area contributed by atoms with Crippen LogP contribution in [0.25, 0.3) is 0 Å². The second-order valence-electron chi connectivity index (χ2n) is 4.33. The van der Waals surface area contributed by atoms with Crippen LogP contribution < -0.4 is 5.32 Å². The number of benzene rings is 1. The van der Waals surface area contributed by atoms with Gasteiger partial charge in [-0.05, 0) is 18.6 Å². The molecule has 4 nitrogen and oxygen atoms in total. The zero-order valence-electron chi connectivity index (χ0n) is 9.85. The monoisotopic (exact) mass is 231 g/mol. The molecule has 0 spiro atoms. The quantitative estimate of drug-likeness (QED) is 0.729. The fourth-order valence-corrected chi connectivity index (χ4v) is 1.72. The van der Waals surface area contributed by atoms with Crippen molar-refractivity contribution in [1.29, 1.82) is 0 Å². The summed E-state index contributed by atoms with van der Waals surface area (Å²) in [5, 5.41) is 20.3. The van der Waals surface area contributed by atoms with E-state index in [2.05, 4.69) is 15.5 Å². The molecule has 1 heterocycles. The van der Waals surface area contributed by atoms with E-state index in [9.17, 15) is 5.11 Å². The molecule has 3 N–H and O–H groups in total. The third kappa shape index (κ3) is 3.15. The Bertz CT molecular complexity index is 437. The predicted molar refractivity (Wildman–Crippen MR) is 66.3 cm³/mol. The van der Waals surface area contributed by atoms with Gasteiger partial charge in [-0.1, -0.05) is 30.3 Å². The highest BCUT2D eigenvalue weighted by atomic mass is 16.3. The summed E-state index contributed by atoms with van der Waals surface area (Å²) >= 11 is 0. The normalized spacial score (nSPS) is 14.5. The van der Waals surface area contributed by atoms with E-state index in [0.29, 0.717) is 13.1 Å². The first-order chi connectivity index (χ1) is 8.18. The van der Waals surface area contributed by atoms with Gasteiger partial charge in [0.1, 0.15) is 0 Å². The highest BCUT2D eigenvalue weighted by Gasteiger charge is 2.21. The van der Waals surface area contributed by atoms with Gasteiger partial charge in [0.05, 0.1) is 5.60 Å². The van der Waals surface area contributed by atoms with Crippen LogP contribution in [0.1, 0.15) is 18.2 Å². The molecule has 0 aliphatic rings. The van der Waals surface area contributed by atoms with Gasteiger partial charge in [-0.3, -0.25) is 5.10 Å². The summed E-state index contributed by atoms with van der Waals surface area (Å²) < 4.78 is 0. The molecule has 1 atom stereocenters. The van der Waals surface area contributed by atoms with Gasteiger partial charge in [0.15, 0.2) is 0 Å². The summed E-state index contributed by atoms with van der Waals surface area (Å²) in [7, 11) is 0. The van der Waals surface area contributed by atoms with Crippen molar-refractivity contribution in [2.24, 2.45) is 0 Å². The van der Waals surface area contributed by atoms with Crippen molar-refractivity contribution in [3.05, 3.63) is 53.9 Å². The summed E-state index contributed by atoms with van der Waals surface area (Å²) in [6.07, 6.45) is 1.71. The topological polar surface area (TPSA) is 60.9 Å². The number of aromatic nitrogens is 2. The molecule has 2 rings (SSSR count). The minimum Gasteiger partial charge on any atom is -0.384 e. The van der Waals surface area contributed by atoms with Crippen LogP contribution in [-0.4, -0.2) is 21.8 Å². The number of nitrogens with zero attached hydrogens (tertiary/aromatic N) is 1. The van der Waals surface area contributed by atoms with Crippen LogP contribution in [0, 0.1) is 0 Å². The first kappa shape index (κ1) is 11.8. The van der Waals surface area contributed by atoms with Crippen molar-refractivity contribution in [2.45, 2.75) is 19.1 Å². The first-order valence-corrected chi connectivity index (χ1v) is 5.65. The van der Waals surface area contributed by atoms with E-state index in [-0.39, 0.29) is 0 Å². The highest BCUT2D eigenvalue weighted by Crippen LogP contribution is 2.18. The molecule has 1 aromatic heterocycles. The maximum absolute atomic E-state index is 10.3. The zero-order valence-corrected chi connectivity index (χ0v) is 9.85. The number of H-pyrrole nitrogens is 1. The molecule has 1 aromatic carbocycles. The summed E-state index contributed by atoms with van der Waals surface area (Å²) in [4.78, 5) is 0. The Morgan fingerprint density at radius 2 is 2.06 bits per heavy atom. The third-order valence-corrected chi connectivity index (χ3v) is 2.74. The number of hydrogen-bond acceptors (Lipinski definition) is 3. The summed E-state index contributed by atoms with van der Waals surface area (Å²) in [5.74, 6) is 0. The second kappa shape index (κ2) is 5.12. The van der Waals surface area contributed by atoms with E-state index in [0.717, 1.165) is 11.3 Å². The average molecular weight is 231 g/mol. The van der Waals surface area contributed by atoms with Crippen LogP contribution in [0.5, 0.6) is 0 Å². The van der Waals surface area contributed by atoms with E-state index in [1.54, 1.807) is 6.20 Å². The lowest BCUT2D eigenvalue weighted by Gasteiger charge is -2.24. The summed E-state index contributed by atoms with van der Waals surface area (Å²) in [6, 6.07) is 11.6. The standard InChI is InChI=1S/C13H17N3O/c1-13(17,11-5-3-2-4-6-11)10-14-9-12-7-8-15-16-12/h2-8,14,17H,9-10H2,1H3,(H,15,16). The highest BCUT2D eigenvalue weighted by molar-refractivity contribution is 5.21. The van der Waals surface area contributed by atoms with Gasteiger partial charge in [0.25, 0.3) is 0 Å². The van der Waals surface area contributed by atoms with Crippen molar-refractivity contribution in [3.8, 4) is 0 Å². The minimum atomic E-state index is -0.860. The smallest absolute Gasteiger partial charge is 0.0992 e. The van der Waals surface area contributed by atoms with E-state index in [4.69, 9.17) is 0 Å². The molecule has 0 fully saturated rings. The Kier molecular flexibility index (Phi) is 3.56. The fraction of sp³-hybridized carbons (Fsp3) is 0.308. The van der Waals surface area contributed by atoms with Crippen molar-refractivity contribution in [3.63, 3.8) is 0 Å². The van der Waals surface area contributed by atoms with E-state index < -0.39 is 5.60 Å². The molecule has 0 amide bonds. The Morgan fingerprint density at radius 3 is 2.71 bits per heavy atom. The van der Waals surface area contributed by atoms with Crippen LogP contribution in [-0.2, 0) is 12.1 Å². The maximum atomic E-state index is 10.3. The Labute approximate surface area is 101 Å².